The minimum atomic E-state index is 0.302. The van der Waals surface area contributed by atoms with Gasteiger partial charge in [0, 0.05) is 57.9 Å². The molecule has 5 nitrogen and oxygen atoms in total. The Labute approximate surface area is 137 Å². The molecule has 2 aliphatic rings. The number of aromatic nitrogens is 2. The summed E-state index contributed by atoms with van der Waals surface area (Å²) in [4.78, 5) is 13.5. The van der Waals surface area contributed by atoms with Gasteiger partial charge in [0.1, 0.15) is 5.82 Å². The molecule has 0 unspecified atom stereocenters. The first-order valence-electron chi connectivity index (χ1n) is 8.14. The Morgan fingerprint density at radius 1 is 1.23 bits per heavy atom. The fraction of sp³-hybridized carbons (Fsp3) is 0.750. The molecular weight excluding hydrogens is 296 g/mol. The van der Waals surface area contributed by atoms with Gasteiger partial charge in [-0.25, -0.2) is 4.98 Å². The Hall–Kier alpha value is -0.850. The molecule has 0 N–H and O–H groups in total. The molecule has 0 bridgehead atoms. The van der Waals surface area contributed by atoms with Crippen molar-refractivity contribution in [2.24, 2.45) is 0 Å². The van der Waals surface area contributed by atoms with Crippen LogP contribution in [-0.2, 0) is 11.2 Å². The summed E-state index contributed by atoms with van der Waals surface area (Å²) >= 11 is 2.06. The van der Waals surface area contributed by atoms with Gasteiger partial charge in [0.15, 0.2) is 0 Å². The van der Waals surface area contributed by atoms with Gasteiger partial charge in [0.2, 0.25) is 0 Å². The quantitative estimate of drug-likeness (QED) is 0.822. The molecule has 0 aliphatic carbocycles. The number of hydrogen-bond donors (Lipinski definition) is 0. The van der Waals surface area contributed by atoms with E-state index in [0.29, 0.717) is 12.2 Å². The van der Waals surface area contributed by atoms with E-state index in [-0.39, 0.29) is 0 Å². The lowest BCUT2D eigenvalue weighted by molar-refractivity contribution is 0.0247. The SMILES string of the molecule is CN(C)c1cncc(C[C@@H]2CC[C@H](CN3CCSCC3)O2)n1. The van der Waals surface area contributed by atoms with Gasteiger partial charge in [0.05, 0.1) is 24.1 Å². The number of hydrogen-bond acceptors (Lipinski definition) is 6. The minimum absolute atomic E-state index is 0.302. The predicted molar refractivity (Wildman–Crippen MR) is 91.7 cm³/mol. The van der Waals surface area contributed by atoms with Gasteiger partial charge < -0.3 is 9.64 Å². The number of rotatable bonds is 5. The van der Waals surface area contributed by atoms with E-state index < -0.39 is 0 Å². The molecule has 1 aromatic rings. The van der Waals surface area contributed by atoms with E-state index >= 15 is 0 Å². The highest BCUT2D eigenvalue weighted by atomic mass is 32.2. The van der Waals surface area contributed by atoms with Crippen LogP contribution in [0.1, 0.15) is 18.5 Å². The summed E-state index contributed by atoms with van der Waals surface area (Å²) in [5.74, 6) is 3.45. The van der Waals surface area contributed by atoms with Crippen molar-refractivity contribution in [1.82, 2.24) is 14.9 Å². The number of ether oxygens (including phenoxy) is 1. The zero-order valence-electron chi connectivity index (χ0n) is 13.6. The topological polar surface area (TPSA) is 41.5 Å². The van der Waals surface area contributed by atoms with Gasteiger partial charge in [-0.1, -0.05) is 0 Å². The van der Waals surface area contributed by atoms with Gasteiger partial charge in [-0.15, -0.1) is 0 Å². The number of anilines is 1. The Bertz CT molecular complexity index is 479. The lowest BCUT2D eigenvalue weighted by Gasteiger charge is -2.28. The summed E-state index contributed by atoms with van der Waals surface area (Å²) in [6.45, 7) is 3.53. The fourth-order valence-electron chi connectivity index (χ4n) is 3.08. The maximum atomic E-state index is 6.24. The molecule has 6 heteroatoms. The summed E-state index contributed by atoms with van der Waals surface area (Å²) in [5, 5.41) is 0. The van der Waals surface area contributed by atoms with Crippen LogP contribution in [0.15, 0.2) is 12.4 Å². The second kappa shape index (κ2) is 7.62. The van der Waals surface area contributed by atoms with E-state index in [2.05, 4.69) is 26.6 Å². The normalized spacial score (nSPS) is 26.3. The maximum Gasteiger partial charge on any atom is 0.146 e. The third-order valence-electron chi connectivity index (χ3n) is 4.33. The van der Waals surface area contributed by atoms with E-state index in [1.807, 2.05) is 25.2 Å². The smallest absolute Gasteiger partial charge is 0.146 e. The van der Waals surface area contributed by atoms with E-state index in [0.717, 1.165) is 30.9 Å². The summed E-state index contributed by atoms with van der Waals surface area (Å²) in [6, 6.07) is 0. The molecule has 0 spiro atoms. The molecule has 3 rings (SSSR count). The largest absolute Gasteiger partial charge is 0.373 e. The van der Waals surface area contributed by atoms with Crippen LogP contribution in [0, 0.1) is 0 Å². The van der Waals surface area contributed by atoms with Crippen LogP contribution < -0.4 is 4.90 Å². The number of nitrogens with zero attached hydrogens (tertiary/aromatic N) is 4. The van der Waals surface area contributed by atoms with Gasteiger partial charge >= 0.3 is 0 Å². The molecule has 0 amide bonds. The molecule has 0 radical (unpaired) electrons. The summed E-state index contributed by atoms with van der Waals surface area (Å²) in [5.41, 5.74) is 1.03. The third-order valence-corrected chi connectivity index (χ3v) is 5.27. The first-order chi connectivity index (χ1) is 10.7. The molecule has 3 heterocycles. The molecule has 0 aromatic carbocycles. The molecule has 0 saturated carbocycles. The van der Waals surface area contributed by atoms with Crippen molar-refractivity contribution in [2.45, 2.75) is 31.5 Å². The zero-order chi connectivity index (χ0) is 15.4. The summed E-state index contributed by atoms with van der Waals surface area (Å²) in [6.07, 6.45) is 7.56. The van der Waals surface area contributed by atoms with Crippen molar-refractivity contribution >= 4 is 17.6 Å². The van der Waals surface area contributed by atoms with Crippen LogP contribution in [-0.4, -0.2) is 72.3 Å². The van der Waals surface area contributed by atoms with Crippen LogP contribution in [0.4, 0.5) is 5.82 Å². The van der Waals surface area contributed by atoms with Crippen molar-refractivity contribution in [3.05, 3.63) is 18.1 Å². The summed E-state index contributed by atoms with van der Waals surface area (Å²) < 4.78 is 6.24. The average Bonchev–Trinajstić information content (AvgIpc) is 2.95. The monoisotopic (exact) mass is 322 g/mol. The lowest BCUT2D eigenvalue weighted by Crippen LogP contribution is -2.38. The minimum Gasteiger partial charge on any atom is -0.373 e. The van der Waals surface area contributed by atoms with Gasteiger partial charge in [-0.05, 0) is 12.8 Å². The van der Waals surface area contributed by atoms with Gasteiger partial charge in [0.25, 0.3) is 0 Å². The fourth-order valence-corrected chi connectivity index (χ4v) is 4.06. The Morgan fingerprint density at radius 3 is 2.77 bits per heavy atom. The van der Waals surface area contributed by atoms with Crippen LogP contribution >= 0.6 is 11.8 Å². The van der Waals surface area contributed by atoms with Crippen LogP contribution in [0.2, 0.25) is 0 Å². The van der Waals surface area contributed by atoms with Crippen LogP contribution in [0.25, 0.3) is 0 Å². The molecular formula is C16H26N4OS. The highest BCUT2D eigenvalue weighted by molar-refractivity contribution is 7.99. The molecule has 2 fully saturated rings. The number of thioether (sulfide) groups is 1. The molecule has 2 aliphatic heterocycles. The molecule has 122 valence electrons. The van der Waals surface area contributed by atoms with E-state index in [1.165, 1.54) is 31.0 Å². The maximum absolute atomic E-state index is 6.24. The average molecular weight is 322 g/mol. The van der Waals surface area contributed by atoms with Crippen molar-refractivity contribution in [3.8, 4) is 0 Å². The van der Waals surface area contributed by atoms with Gasteiger partial charge in [-0.3, -0.25) is 9.88 Å². The Kier molecular flexibility index (Phi) is 5.55. The standard InChI is InChI=1S/C16H26N4OS/c1-19(2)16-11-17-10-13(18-16)9-14-3-4-15(21-14)12-20-5-7-22-8-6-20/h10-11,14-15H,3-9,12H2,1-2H3/t14-,15+/m0/s1. The highest BCUT2D eigenvalue weighted by Crippen LogP contribution is 2.24. The van der Waals surface area contributed by atoms with Crippen LogP contribution in [0.5, 0.6) is 0 Å². The second-order valence-electron chi connectivity index (χ2n) is 6.34. The van der Waals surface area contributed by atoms with Gasteiger partial charge in [-0.2, -0.15) is 11.8 Å². The van der Waals surface area contributed by atoms with Crippen molar-refractivity contribution < 1.29 is 4.74 Å². The second-order valence-corrected chi connectivity index (χ2v) is 7.56. The first kappa shape index (κ1) is 16.0. The zero-order valence-corrected chi connectivity index (χ0v) is 14.4. The van der Waals surface area contributed by atoms with Crippen LogP contribution in [0.3, 0.4) is 0 Å². The highest BCUT2D eigenvalue weighted by Gasteiger charge is 2.27. The summed E-state index contributed by atoms with van der Waals surface area (Å²) in [7, 11) is 3.99. The molecule has 2 atom stereocenters. The van der Waals surface area contributed by atoms with Crippen molar-refractivity contribution in [2.75, 3.05) is 50.1 Å². The molecule has 1 aromatic heterocycles. The van der Waals surface area contributed by atoms with E-state index in [9.17, 15) is 0 Å². The van der Waals surface area contributed by atoms with E-state index in [4.69, 9.17) is 4.74 Å². The first-order valence-corrected chi connectivity index (χ1v) is 9.30. The Morgan fingerprint density at radius 2 is 2.00 bits per heavy atom. The Balaban J connectivity index is 1.49. The van der Waals surface area contributed by atoms with Crippen molar-refractivity contribution in [3.63, 3.8) is 0 Å². The van der Waals surface area contributed by atoms with Crippen molar-refractivity contribution in [1.29, 1.82) is 0 Å². The lowest BCUT2D eigenvalue weighted by atomic mass is 10.1. The molecule has 2 saturated heterocycles. The molecule has 22 heavy (non-hydrogen) atoms. The van der Waals surface area contributed by atoms with E-state index in [1.54, 1.807) is 6.20 Å². The predicted octanol–water partition coefficient (Wildman–Crippen LogP) is 1.68. The third kappa shape index (κ3) is 4.33.